The Labute approximate surface area is 124 Å². The van der Waals surface area contributed by atoms with Gasteiger partial charge in [0.05, 0.1) is 17.9 Å². The van der Waals surface area contributed by atoms with Crippen LogP contribution in [0.15, 0.2) is 4.60 Å². The fourth-order valence-electron chi connectivity index (χ4n) is 2.26. The van der Waals surface area contributed by atoms with Gasteiger partial charge in [-0.25, -0.2) is 9.37 Å². The average Bonchev–Trinajstić information content (AvgIpc) is 2.34. The van der Waals surface area contributed by atoms with Crippen molar-refractivity contribution in [3.8, 4) is 0 Å². The van der Waals surface area contributed by atoms with Crippen LogP contribution >= 0.6 is 27.5 Å². The molecule has 0 saturated carbocycles. The molecule has 0 aliphatic carbocycles. The van der Waals surface area contributed by atoms with Gasteiger partial charge in [0.15, 0.2) is 12.1 Å². The van der Waals surface area contributed by atoms with Crippen LogP contribution in [0.25, 0.3) is 0 Å². The molecule has 0 radical (unpaired) electrons. The van der Waals surface area contributed by atoms with E-state index >= 15 is 0 Å². The lowest BCUT2D eigenvalue weighted by atomic mass is 10.2. The van der Waals surface area contributed by atoms with Gasteiger partial charge in [-0.2, -0.15) is 0 Å². The number of rotatable bonds is 2. The third-order valence-electron chi connectivity index (χ3n) is 2.89. The first-order valence-electron chi connectivity index (χ1n) is 5.84. The number of aromatic nitrogens is 1. The Balaban J connectivity index is 2.48. The number of carbonyl (C=O) groups excluding carboxylic acids is 1. The number of pyridine rings is 1. The highest BCUT2D eigenvalue weighted by Gasteiger charge is 2.28. The highest BCUT2D eigenvalue weighted by Crippen LogP contribution is 2.35. The zero-order chi connectivity index (χ0) is 14.2. The number of ether oxygens (including phenoxy) is 1. The molecule has 1 saturated heterocycles. The fourth-order valence-corrected chi connectivity index (χ4v) is 3.07. The number of halogens is 3. The molecular formula is C12H13BrClFN2O2. The third kappa shape index (κ3) is 2.90. The minimum atomic E-state index is -0.658. The van der Waals surface area contributed by atoms with E-state index in [1.807, 2.05) is 18.7 Å². The Morgan fingerprint density at radius 2 is 2.05 bits per heavy atom. The van der Waals surface area contributed by atoms with E-state index in [-0.39, 0.29) is 27.5 Å². The van der Waals surface area contributed by atoms with Gasteiger partial charge < -0.3 is 9.64 Å². The van der Waals surface area contributed by atoms with E-state index in [4.69, 9.17) is 16.3 Å². The van der Waals surface area contributed by atoms with Gasteiger partial charge in [0.1, 0.15) is 15.3 Å². The number of aldehydes is 1. The largest absolute Gasteiger partial charge is 0.372 e. The van der Waals surface area contributed by atoms with Crippen molar-refractivity contribution in [3.05, 3.63) is 21.1 Å². The van der Waals surface area contributed by atoms with Gasteiger partial charge in [0, 0.05) is 13.1 Å². The third-order valence-corrected chi connectivity index (χ3v) is 3.76. The van der Waals surface area contributed by atoms with Gasteiger partial charge in [0.2, 0.25) is 0 Å². The van der Waals surface area contributed by atoms with Gasteiger partial charge in [-0.15, -0.1) is 0 Å². The van der Waals surface area contributed by atoms with Crippen LogP contribution in [0.2, 0.25) is 5.02 Å². The molecule has 0 aromatic carbocycles. The van der Waals surface area contributed by atoms with E-state index in [0.717, 1.165) is 0 Å². The summed E-state index contributed by atoms with van der Waals surface area (Å²) < 4.78 is 19.4. The Hall–Kier alpha value is -0.720. The molecule has 1 aliphatic rings. The highest BCUT2D eigenvalue weighted by atomic mass is 79.9. The van der Waals surface area contributed by atoms with E-state index in [0.29, 0.717) is 25.1 Å². The maximum atomic E-state index is 13.8. The van der Waals surface area contributed by atoms with Crippen LogP contribution in [0.1, 0.15) is 24.3 Å². The summed E-state index contributed by atoms with van der Waals surface area (Å²) >= 11 is 8.97. The van der Waals surface area contributed by atoms with E-state index in [2.05, 4.69) is 20.9 Å². The summed E-state index contributed by atoms with van der Waals surface area (Å²) in [4.78, 5) is 16.9. The topological polar surface area (TPSA) is 42.4 Å². The first-order chi connectivity index (χ1) is 8.93. The molecule has 0 spiro atoms. The van der Waals surface area contributed by atoms with Crippen molar-refractivity contribution in [2.45, 2.75) is 26.1 Å². The lowest BCUT2D eigenvalue weighted by Gasteiger charge is -2.37. The minimum Gasteiger partial charge on any atom is -0.372 e. The van der Waals surface area contributed by atoms with Crippen molar-refractivity contribution >= 4 is 39.5 Å². The molecular weight excluding hydrogens is 338 g/mol. The maximum Gasteiger partial charge on any atom is 0.176 e. The molecule has 2 atom stereocenters. The van der Waals surface area contributed by atoms with Crippen molar-refractivity contribution in [2.24, 2.45) is 0 Å². The van der Waals surface area contributed by atoms with E-state index < -0.39 is 5.82 Å². The van der Waals surface area contributed by atoms with Crippen LogP contribution in [-0.2, 0) is 4.74 Å². The maximum absolute atomic E-state index is 13.8. The normalized spacial score (nSPS) is 23.5. The van der Waals surface area contributed by atoms with Crippen LogP contribution < -0.4 is 4.90 Å². The molecule has 1 fully saturated rings. The van der Waals surface area contributed by atoms with Crippen molar-refractivity contribution < 1.29 is 13.9 Å². The standard InChI is InChI=1S/C12H13BrClFN2O2/c1-6-3-17(4-7(2)19-6)11-8(5-18)16-12(13)10(15)9(11)14/h5-7H,3-4H2,1-2H3/t6-,7+. The molecule has 19 heavy (non-hydrogen) atoms. The van der Waals surface area contributed by atoms with Crippen molar-refractivity contribution in [1.82, 2.24) is 4.98 Å². The molecule has 2 heterocycles. The first kappa shape index (κ1) is 14.7. The predicted molar refractivity (Wildman–Crippen MR) is 74.5 cm³/mol. The van der Waals surface area contributed by atoms with Crippen molar-refractivity contribution in [3.63, 3.8) is 0 Å². The van der Waals surface area contributed by atoms with Crippen LogP contribution in [-0.4, -0.2) is 36.6 Å². The van der Waals surface area contributed by atoms with Gasteiger partial charge in [-0.3, -0.25) is 4.79 Å². The smallest absolute Gasteiger partial charge is 0.176 e. The summed E-state index contributed by atoms with van der Waals surface area (Å²) in [5, 5.41) is -0.0923. The minimum absolute atomic E-state index is 0.0222. The second-order valence-electron chi connectivity index (χ2n) is 4.54. The van der Waals surface area contributed by atoms with Crippen LogP contribution in [0.4, 0.5) is 10.1 Å². The summed E-state index contributed by atoms with van der Waals surface area (Å²) in [5.41, 5.74) is 0.457. The average molecular weight is 352 g/mol. The number of anilines is 1. The van der Waals surface area contributed by atoms with Gasteiger partial charge in [-0.05, 0) is 29.8 Å². The van der Waals surface area contributed by atoms with Gasteiger partial charge in [-0.1, -0.05) is 11.6 Å². The molecule has 1 aliphatic heterocycles. The Kier molecular flexibility index (Phi) is 4.43. The SMILES string of the molecule is C[C@@H]1CN(c2c(C=O)nc(Br)c(F)c2Cl)C[C@H](C)O1. The molecule has 0 bridgehead atoms. The predicted octanol–water partition coefficient (Wildman–Crippen LogP) is 3.06. The van der Waals surface area contributed by atoms with Crippen molar-refractivity contribution in [1.29, 1.82) is 0 Å². The van der Waals surface area contributed by atoms with E-state index in [1.54, 1.807) is 0 Å². The molecule has 0 unspecified atom stereocenters. The number of morpholine rings is 1. The number of hydrogen-bond acceptors (Lipinski definition) is 4. The number of carbonyl (C=O) groups is 1. The monoisotopic (exact) mass is 350 g/mol. The number of hydrogen-bond donors (Lipinski definition) is 0. The molecule has 1 aromatic heterocycles. The second-order valence-corrected chi connectivity index (χ2v) is 5.67. The second kappa shape index (κ2) is 5.73. The molecule has 2 rings (SSSR count). The van der Waals surface area contributed by atoms with Crippen LogP contribution in [0.5, 0.6) is 0 Å². The highest BCUT2D eigenvalue weighted by molar-refractivity contribution is 9.10. The molecule has 1 aromatic rings. The zero-order valence-electron chi connectivity index (χ0n) is 10.5. The lowest BCUT2D eigenvalue weighted by molar-refractivity contribution is -0.00528. The Morgan fingerprint density at radius 3 is 2.58 bits per heavy atom. The fraction of sp³-hybridized carbons (Fsp3) is 0.500. The Morgan fingerprint density at radius 1 is 1.47 bits per heavy atom. The summed E-state index contributed by atoms with van der Waals surface area (Å²) in [5.74, 6) is -0.658. The quantitative estimate of drug-likeness (QED) is 0.607. The first-order valence-corrected chi connectivity index (χ1v) is 7.01. The summed E-state index contributed by atoms with van der Waals surface area (Å²) in [6.07, 6.45) is 0.535. The molecule has 0 amide bonds. The van der Waals surface area contributed by atoms with E-state index in [9.17, 15) is 9.18 Å². The van der Waals surface area contributed by atoms with Gasteiger partial charge >= 0.3 is 0 Å². The lowest BCUT2D eigenvalue weighted by Crippen LogP contribution is -2.46. The summed E-state index contributed by atoms with van der Waals surface area (Å²) in [6.45, 7) is 4.90. The van der Waals surface area contributed by atoms with Crippen LogP contribution in [0.3, 0.4) is 0 Å². The molecule has 4 nitrogen and oxygen atoms in total. The van der Waals surface area contributed by atoms with E-state index in [1.165, 1.54) is 0 Å². The van der Waals surface area contributed by atoms with Crippen LogP contribution in [0, 0.1) is 5.82 Å². The van der Waals surface area contributed by atoms with Crippen molar-refractivity contribution in [2.75, 3.05) is 18.0 Å². The van der Waals surface area contributed by atoms with Gasteiger partial charge in [0.25, 0.3) is 0 Å². The number of nitrogens with zero attached hydrogens (tertiary/aromatic N) is 2. The molecule has 7 heteroatoms. The zero-order valence-corrected chi connectivity index (χ0v) is 12.8. The molecule has 104 valence electrons. The summed E-state index contributed by atoms with van der Waals surface area (Å²) in [6, 6.07) is 0. The Bertz CT molecular complexity index is 505. The summed E-state index contributed by atoms with van der Waals surface area (Å²) in [7, 11) is 0. The molecule has 0 N–H and O–H groups in total.